The zero-order chi connectivity index (χ0) is 18.2. The van der Waals surface area contributed by atoms with Crippen LogP contribution in [0.25, 0.3) is 0 Å². The Hall–Kier alpha value is -2.68. The van der Waals surface area contributed by atoms with Gasteiger partial charge < -0.3 is 16.4 Å². The van der Waals surface area contributed by atoms with E-state index in [0.717, 1.165) is 31.5 Å². The third-order valence-corrected chi connectivity index (χ3v) is 4.11. The number of nitrogens with one attached hydrogen (secondary N) is 2. The molecule has 0 spiro atoms. The number of hydrogen-bond donors (Lipinski definition) is 3. The van der Waals surface area contributed by atoms with Gasteiger partial charge in [-0.25, -0.2) is 0 Å². The van der Waals surface area contributed by atoms with E-state index in [2.05, 4.69) is 15.6 Å². The number of aliphatic imine (C=N–C) groups is 1. The van der Waals surface area contributed by atoms with Gasteiger partial charge in [0.15, 0.2) is 5.96 Å². The lowest BCUT2D eigenvalue weighted by Gasteiger charge is -2.32. The van der Waals surface area contributed by atoms with Gasteiger partial charge in [-0.05, 0) is 18.4 Å². The lowest BCUT2D eigenvalue weighted by molar-refractivity contribution is -0.384. The summed E-state index contributed by atoms with van der Waals surface area (Å²) in [6.45, 7) is 2.36. The van der Waals surface area contributed by atoms with Crippen LogP contribution in [0.1, 0.15) is 18.4 Å². The molecule has 0 aliphatic carbocycles. The number of piperidine rings is 1. The van der Waals surface area contributed by atoms with Crippen molar-refractivity contribution in [1.82, 2.24) is 15.5 Å². The standard InChI is InChI=1S/C16H24N6O3/c1-18-16(19-10-12-3-2-4-14(9-12)22(24)25)20-13-5-7-21(8-6-13)11-15(17)23/h2-4,9,13H,5-8,10-11H2,1H3,(H2,17,23)(H2,18,19,20). The Balaban J connectivity index is 1.81. The van der Waals surface area contributed by atoms with Crippen LogP contribution in [-0.2, 0) is 11.3 Å². The fourth-order valence-electron chi connectivity index (χ4n) is 2.81. The highest BCUT2D eigenvalue weighted by Gasteiger charge is 2.20. The highest BCUT2D eigenvalue weighted by molar-refractivity contribution is 5.80. The Morgan fingerprint density at radius 2 is 2.16 bits per heavy atom. The average Bonchev–Trinajstić information content (AvgIpc) is 2.59. The molecule has 1 saturated heterocycles. The van der Waals surface area contributed by atoms with Gasteiger partial charge >= 0.3 is 0 Å². The fourth-order valence-corrected chi connectivity index (χ4v) is 2.81. The monoisotopic (exact) mass is 348 g/mol. The molecule has 0 atom stereocenters. The first-order valence-corrected chi connectivity index (χ1v) is 8.19. The second-order valence-corrected chi connectivity index (χ2v) is 6.01. The summed E-state index contributed by atoms with van der Waals surface area (Å²) in [5.41, 5.74) is 6.10. The Kier molecular flexibility index (Phi) is 6.70. The summed E-state index contributed by atoms with van der Waals surface area (Å²) in [6.07, 6.45) is 1.79. The minimum absolute atomic E-state index is 0.0732. The van der Waals surface area contributed by atoms with E-state index >= 15 is 0 Å². The summed E-state index contributed by atoms with van der Waals surface area (Å²) < 4.78 is 0. The van der Waals surface area contributed by atoms with E-state index in [1.165, 1.54) is 6.07 Å². The molecule has 0 saturated carbocycles. The van der Waals surface area contributed by atoms with Gasteiger partial charge in [0.1, 0.15) is 0 Å². The van der Waals surface area contributed by atoms with Crippen molar-refractivity contribution in [2.75, 3.05) is 26.7 Å². The number of nitro benzene ring substituents is 1. The quantitative estimate of drug-likeness (QED) is 0.292. The number of benzene rings is 1. The molecule has 1 aromatic rings. The van der Waals surface area contributed by atoms with Crippen molar-refractivity contribution in [3.8, 4) is 0 Å². The molecule has 9 heteroatoms. The SMILES string of the molecule is CN=C(NCc1cccc([N+](=O)[O-])c1)NC1CCN(CC(N)=O)CC1. The van der Waals surface area contributed by atoms with Crippen molar-refractivity contribution in [3.05, 3.63) is 39.9 Å². The van der Waals surface area contributed by atoms with Crippen LogP contribution < -0.4 is 16.4 Å². The van der Waals surface area contributed by atoms with Crippen LogP contribution in [0, 0.1) is 10.1 Å². The Morgan fingerprint density at radius 1 is 1.44 bits per heavy atom. The number of nitrogens with two attached hydrogens (primary N) is 1. The molecule has 4 N–H and O–H groups in total. The molecule has 136 valence electrons. The van der Waals surface area contributed by atoms with Crippen LogP contribution in [0.2, 0.25) is 0 Å². The molecule has 1 aliphatic rings. The highest BCUT2D eigenvalue weighted by atomic mass is 16.6. The minimum atomic E-state index is -0.406. The fraction of sp³-hybridized carbons (Fsp3) is 0.500. The number of nitro groups is 1. The summed E-state index contributed by atoms with van der Waals surface area (Å²) in [7, 11) is 1.69. The van der Waals surface area contributed by atoms with Gasteiger partial charge in [-0.2, -0.15) is 0 Å². The van der Waals surface area contributed by atoms with Crippen LogP contribution in [-0.4, -0.2) is 54.4 Å². The van der Waals surface area contributed by atoms with Crippen LogP contribution in [0.5, 0.6) is 0 Å². The van der Waals surface area contributed by atoms with Crippen LogP contribution in [0.15, 0.2) is 29.3 Å². The number of likely N-dealkylation sites (tertiary alicyclic amines) is 1. The molecule has 1 aromatic carbocycles. The van der Waals surface area contributed by atoms with E-state index in [9.17, 15) is 14.9 Å². The molecule has 9 nitrogen and oxygen atoms in total. The van der Waals surface area contributed by atoms with E-state index in [0.29, 0.717) is 19.0 Å². The third-order valence-electron chi connectivity index (χ3n) is 4.11. The number of nitrogens with zero attached hydrogens (tertiary/aromatic N) is 3. The number of rotatable bonds is 6. The maximum atomic E-state index is 11.0. The van der Waals surface area contributed by atoms with E-state index < -0.39 is 4.92 Å². The maximum Gasteiger partial charge on any atom is 0.269 e. The second-order valence-electron chi connectivity index (χ2n) is 6.01. The van der Waals surface area contributed by atoms with Crippen LogP contribution >= 0.6 is 0 Å². The van der Waals surface area contributed by atoms with E-state index in [4.69, 9.17) is 5.73 Å². The number of carbonyl (C=O) groups is 1. The number of amides is 1. The van der Waals surface area contributed by atoms with E-state index in [-0.39, 0.29) is 17.6 Å². The third kappa shape index (κ3) is 6.03. The Labute approximate surface area is 146 Å². The molecule has 1 heterocycles. The summed E-state index contributed by atoms with van der Waals surface area (Å²) >= 11 is 0. The van der Waals surface area contributed by atoms with Crippen molar-refractivity contribution in [3.63, 3.8) is 0 Å². The number of carbonyl (C=O) groups excluding carboxylic acids is 1. The largest absolute Gasteiger partial charge is 0.369 e. The molecule has 1 amide bonds. The lowest BCUT2D eigenvalue weighted by Crippen LogP contribution is -2.49. The van der Waals surface area contributed by atoms with Gasteiger partial charge in [0.05, 0.1) is 11.5 Å². The smallest absolute Gasteiger partial charge is 0.269 e. The number of non-ortho nitro benzene ring substituents is 1. The number of guanidine groups is 1. The zero-order valence-electron chi connectivity index (χ0n) is 14.3. The minimum Gasteiger partial charge on any atom is -0.369 e. The van der Waals surface area contributed by atoms with Gasteiger partial charge in [-0.3, -0.25) is 24.8 Å². The zero-order valence-corrected chi connectivity index (χ0v) is 14.3. The normalized spacial score (nSPS) is 16.4. The molecular weight excluding hydrogens is 324 g/mol. The average molecular weight is 348 g/mol. The van der Waals surface area contributed by atoms with Crippen LogP contribution in [0.3, 0.4) is 0 Å². The van der Waals surface area contributed by atoms with Crippen molar-refractivity contribution >= 4 is 17.6 Å². The van der Waals surface area contributed by atoms with Gasteiger partial charge in [-0.1, -0.05) is 12.1 Å². The molecule has 0 aromatic heterocycles. The summed E-state index contributed by atoms with van der Waals surface area (Å²) in [6, 6.07) is 6.77. The van der Waals surface area contributed by atoms with Crippen molar-refractivity contribution in [2.45, 2.75) is 25.4 Å². The first-order valence-electron chi connectivity index (χ1n) is 8.19. The molecular formula is C16H24N6O3. The molecule has 0 unspecified atom stereocenters. The van der Waals surface area contributed by atoms with Gasteiger partial charge in [-0.15, -0.1) is 0 Å². The first kappa shape index (κ1) is 18.7. The number of hydrogen-bond acceptors (Lipinski definition) is 5. The Bertz CT molecular complexity index is 641. The molecule has 0 bridgehead atoms. The van der Waals surface area contributed by atoms with E-state index in [1.807, 2.05) is 11.0 Å². The van der Waals surface area contributed by atoms with E-state index in [1.54, 1.807) is 19.2 Å². The summed E-state index contributed by atoms with van der Waals surface area (Å²) in [5.74, 6) is 0.348. The highest BCUT2D eigenvalue weighted by Crippen LogP contribution is 2.13. The Morgan fingerprint density at radius 3 is 2.76 bits per heavy atom. The molecule has 2 rings (SSSR count). The molecule has 1 aliphatic heterocycles. The maximum absolute atomic E-state index is 11.0. The lowest BCUT2D eigenvalue weighted by atomic mass is 10.1. The summed E-state index contributed by atoms with van der Waals surface area (Å²) in [4.78, 5) is 27.6. The predicted octanol–water partition coefficient (Wildman–Crippen LogP) is 0.210. The molecule has 1 fully saturated rings. The van der Waals surface area contributed by atoms with Crippen LogP contribution in [0.4, 0.5) is 5.69 Å². The van der Waals surface area contributed by atoms with Gasteiger partial charge in [0.25, 0.3) is 5.69 Å². The van der Waals surface area contributed by atoms with Crippen molar-refractivity contribution < 1.29 is 9.72 Å². The first-order chi connectivity index (χ1) is 12.0. The molecule has 25 heavy (non-hydrogen) atoms. The van der Waals surface area contributed by atoms with Crippen molar-refractivity contribution in [1.29, 1.82) is 0 Å². The summed E-state index contributed by atoms with van der Waals surface area (Å²) in [5, 5.41) is 17.3. The van der Waals surface area contributed by atoms with Gasteiger partial charge in [0, 0.05) is 44.9 Å². The predicted molar refractivity (Wildman–Crippen MR) is 95.1 cm³/mol. The second kappa shape index (κ2) is 8.97. The topological polar surface area (TPSA) is 126 Å². The van der Waals surface area contributed by atoms with Gasteiger partial charge in [0.2, 0.25) is 5.91 Å². The molecule has 0 radical (unpaired) electrons. The number of primary amides is 1. The van der Waals surface area contributed by atoms with Crippen molar-refractivity contribution in [2.24, 2.45) is 10.7 Å².